The smallest absolute Gasteiger partial charge is 0.331 e. The van der Waals surface area contributed by atoms with Gasteiger partial charge < -0.3 is 11.3 Å². The zero-order chi connectivity index (χ0) is 11.5. The third kappa shape index (κ3) is 2.82. The molecule has 1 heterocycles. The molecule has 5 N–H and O–H groups in total. The maximum absolute atomic E-state index is 11.4. The molecule has 0 radical (unpaired) electrons. The van der Waals surface area contributed by atoms with Crippen LogP contribution in [0.5, 0.6) is 5.88 Å². The van der Waals surface area contributed by atoms with Gasteiger partial charge in [-0.2, -0.15) is 0 Å². The summed E-state index contributed by atoms with van der Waals surface area (Å²) in [6.45, 7) is 0.224. The van der Waals surface area contributed by atoms with Crippen LogP contribution in [-0.2, 0) is 6.54 Å². The fourth-order valence-corrected chi connectivity index (χ4v) is 1.43. The molecule has 6 heteroatoms. The number of rotatable bonds is 2. The maximum atomic E-state index is 11.4. The average molecular weight is 235 g/mol. The van der Waals surface area contributed by atoms with Crippen LogP contribution in [0.25, 0.3) is 0 Å². The zero-order valence-corrected chi connectivity index (χ0v) is 9.09. The van der Waals surface area contributed by atoms with Crippen molar-refractivity contribution in [1.29, 1.82) is 0 Å². The molecule has 0 amide bonds. The second-order valence-electron chi connectivity index (χ2n) is 3.37. The van der Waals surface area contributed by atoms with Gasteiger partial charge in [0, 0.05) is 0 Å². The number of hydrogen-bond acceptors (Lipinski definition) is 4. The molecule has 0 unspecified atom stereocenters. The first-order chi connectivity index (χ1) is 7.66. The molecular weight excluding hydrogens is 222 g/mol. The van der Waals surface area contributed by atoms with Crippen LogP contribution in [0.3, 0.4) is 0 Å². The predicted octanol–water partition coefficient (Wildman–Crippen LogP) is 0.452. The fourth-order valence-electron chi connectivity index (χ4n) is 1.43. The fraction of sp³-hybridized carbons (Fsp3) is 0.0909. The van der Waals surface area contributed by atoms with E-state index in [1.54, 1.807) is 0 Å². The molecule has 0 atom stereocenters. The first kappa shape index (κ1) is 12.7. The lowest BCUT2D eigenvalue weighted by Crippen LogP contribution is -2.29. The van der Waals surface area contributed by atoms with Crippen LogP contribution in [0, 0.1) is 0 Å². The first-order valence-electron chi connectivity index (χ1n) is 4.74. The van der Waals surface area contributed by atoms with E-state index in [0.717, 1.165) is 16.2 Å². The molecule has 90 valence electrons. The second kappa shape index (κ2) is 5.13. The lowest BCUT2D eigenvalue weighted by molar-refractivity contribution is 0.409. The summed E-state index contributed by atoms with van der Waals surface area (Å²) in [5.74, 6) is -0.336. The molecule has 0 fully saturated rings. The summed E-state index contributed by atoms with van der Waals surface area (Å²) in [7, 11) is 0. The molecule has 0 aliphatic heterocycles. The normalized spacial score (nSPS) is 9.65. The molecule has 2 aromatic rings. The third-order valence-corrected chi connectivity index (χ3v) is 2.20. The first-order valence-corrected chi connectivity index (χ1v) is 4.74. The molecule has 0 spiro atoms. The SMILES string of the molecule is N.O=c1cc(O)n(Cc2ccccc2)c(=O)[nH]1. The number of aromatic nitrogens is 2. The Labute approximate surface area is 96.8 Å². The van der Waals surface area contributed by atoms with E-state index in [9.17, 15) is 14.7 Å². The quantitative estimate of drug-likeness (QED) is 0.701. The van der Waals surface area contributed by atoms with Crippen LogP contribution in [-0.4, -0.2) is 14.7 Å². The molecule has 2 rings (SSSR count). The number of aromatic hydroxyl groups is 1. The van der Waals surface area contributed by atoms with Crippen molar-refractivity contribution >= 4 is 0 Å². The number of nitrogens with one attached hydrogen (secondary N) is 1. The van der Waals surface area contributed by atoms with Crippen molar-refractivity contribution in [2.75, 3.05) is 0 Å². The Morgan fingerprint density at radius 3 is 2.41 bits per heavy atom. The molecule has 0 aliphatic rings. The van der Waals surface area contributed by atoms with Crippen molar-refractivity contribution in [2.45, 2.75) is 6.54 Å². The zero-order valence-electron chi connectivity index (χ0n) is 9.09. The van der Waals surface area contributed by atoms with Gasteiger partial charge in [0.05, 0.1) is 12.6 Å². The van der Waals surface area contributed by atoms with Crippen molar-refractivity contribution in [1.82, 2.24) is 15.7 Å². The Balaban J connectivity index is 0.00000144. The molecule has 0 saturated carbocycles. The van der Waals surface area contributed by atoms with E-state index in [-0.39, 0.29) is 18.6 Å². The molecule has 1 aromatic heterocycles. The van der Waals surface area contributed by atoms with Gasteiger partial charge in [-0.3, -0.25) is 14.3 Å². The van der Waals surface area contributed by atoms with Gasteiger partial charge in [0.15, 0.2) is 0 Å². The van der Waals surface area contributed by atoms with Gasteiger partial charge in [-0.05, 0) is 5.56 Å². The van der Waals surface area contributed by atoms with Crippen LogP contribution < -0.4 is 17.4 Å². The molecule has 1 aromatic carbocycles. The minimum atomic E-state index is -0.617. The van der Waals surface area contributed by atoms with Crippen molar-refractivity contribution in [3.8, 4) is 5.88 Å². The Kier molecular flexibility index (Phi) is 3.84. The Bertz CT molecular complexity index is 601. The Hall–Kier alpha value is -2.34. The van der Waals surface area contributed by atoms with Crippen LogP contribution >= 0.6 is 0 Å². The minimum absolute atomic E-state index is 0. The van der Waals surface area contributed by atoms with Gasteiger partial charge in [-0.15, -0.1) is 0 Å². The minimum Gasteiger partial charge on any atom is -0.494 e. The summed E-state index contributed by atoms with van der Waals surface area (Å²) >= 11 is 0. The summed E-state index contributed by atoms with van der Waals surface area (Å²) < 4.78 is 1.09. The van der Waals surface area contributed by atoms with E-state index in [0.29, 0.717) is 0 Å². The number of hydrogen-bond donors (Lipinski definition) is 3. The predicted molar refractivity (Wildman–Crippen MR) is 63.6 cm³/mol. The largest absolute Gasteiger partial charge is 0.494 e. The summed E-state index contributed by atoms with van der Waals surface area (Å²) in [5, 5.41) is 9.48. The highest BCUT2D eigenvalue weighted by molar-refractivity contribution is 5.17. The molecule has 0 bridgehead atoms. The van der Waals surface area contributed by atoms with Crippen LogP contribution in [0.2, 0.25) is 0 Å². The van der Waals surface area contributed by atoms with Crippen LogP contribution in [0.4, 0.5) is 0 Å². The Morgan fingerprint density at radius 2 is 1.82 bits per heavy atom. The highest BCUT2D eigenvalue weighted by Gasteiger charge is 2.04. The van der Waals surface area contributed by atoms with E-state index in [4.69, 9.17) is 0 Å². The number of H-pyrrole nitrogens is 1. The molecule has 17 heavy (non-hydrogen) atoms. The summed E-state index contributed by atoms with van der Waals surface area (Å²) in [6, 6.07) is 10.2. The maximum Gasteiger partial charge on any atom is 0.331 e. The van der Waals surface area contributed by atoms with Gasteiger partial charge >= 0.3 is 5.69 Å². The van der Waals surface area contributed by atoms with Gasteiger partial charge in [0.2, 0.25) is 5.88 Å². The van der Waals surface area contributed by atoms with E-state index >= 15 is 0 Å². The lowest BCUT2D eigenvalue weighted by Gasteiger charge is -2.06. The van der Waals surface area contributed by atoms with Gasteiger partial charge in [-0.1, -0.05) is 30.3 Å². The highest BCUT2D eigenvalue weighted by Crippen LogP contribution is 2.05. The van der Waals surface area contributed by atoms with E-state index in [2.05, 4.69) is 4.98 Å². The summed E-state index contributed by atoms with van der Waals surface area (Å²) in [5.41, 5.74) is -0.354. The van der Waals surface area contributed by atoms with Gasteiger partial charge in [0.25, 0.3) is 5.56 Å². The van der Waals surface area contributed by atoms with Crippen molar-refractivity contribution in [3.63, 3.8) is 0 Å². The standard InChI is InChI=1S/C11H10N2O3.H3N/c14-9-6-10(15)13(11(16)12-9)7-8-4-2-1-3-5-8;/h1-6,15H,7H2,(H,12,14,16);1H3. The van der Waals surface area contributed by atoms with Crippen LogP contribution in [0.15, 0.2) is 46.0 Å². The van der Waals surface area contributed by atoms with Crippen LogP contribution in [0.1, 0.15) is 5.56 Å². The molecule has 6 nitrogen and oxygen atoms in total. The lowest BCUT2D eigenvalue weighted by atomic mass is 10.2. The summed E-state index contributed by atoms with van der Waals surface area (Å²) in [4.78, 5) is 24.4. The Morgan fingerprint density at radius 1 is 1.18 bits per heavy atom. The van der Waals surface area contributed by atoms with E-state index in [1.807, 2.05) is 30.3 Å². The number of aromatic amines is 1. The third-order valence-electron chi connectivity index (χ3n) is 2.20. The van der Waals surface area contributed by atoms with Gasteiger partial charge in [-0.25, -0.2) is 4.79 Å². The highest BCUT2D eigenvalue weighted by atomic mass is 16.3. The van der Waals surface area contributed by atoms with E-state index < -0.39 is 11.2 Å². The number of nitrogens with zero attached hydrogens (tertiary/aromatic N) is 1. The summed E-state index contributed by atoms with van der Waals surface area (Å²) in [6.07, 6.45) is 0. The monoisotopic (exact) mass is 235 g/mol. The molecule has 0 aliphatic carbocycles. The van der Waals surface area contributed by atoms with Crippen molar-refractivity contribution in [3.05, 3.63) is 62.8 Å². The number of benzene rings is 1. The second-order valence-corrected chi connectivity index (χ2v) is 3.37. The average Bonchev–Trinajstić information content (AvgIpc) is 2.25. The topological polar surface area (TPSA) is 110 Å². The van der Waals surface area contributed by atoms with Gasteiger partial charge in [0.1, 0.15) is 0 Å². The van der Waals surface area contributed by atoms with E-state index in [1.165, 1.54) is 0 Å². The van der Waals surface area contributed by atoms with Crippen molar-refractivity contribution < 1.29 is 5.11 Å². The van der Waals surface area contributed by atoms with Crippen molar-refractivity contribution in [2.24, 2.45) is 0 Å². The molecular formula is C11H13N3O3. The molecule has 0 saturated heterocycles.